The van der Waals surface area contributed by atoms with Gasteiger partial charge in [-0.1, -0.05) is 25.5 Å². The van der Waals surface area contributed by atoms with Gasteiger partial charge in [0.25, 0.3) is 5.91 Å². The predicted molar refractivity (Wildman–Crippen MR) is 109 cm³/mol. The van der Waals surface area contributed by atoms with Crippen LogP contribution in [0.25, 0.3) is 11.3 Å². The molecule has 4 rings (SSSR count). The van der Waals surface area contributed by atoms with E-state index < -0.39 is 0 Å². The second kappa shape index (κ2) is 8.19. The Hall–Kier alpha value is -3.60. The highest BCUT2D eigenvalue weighted by molar-refractivity contribution is 5.95. The van der Waals surface area contributed by atoms with Gasteiger partial charge in [0.15, 0.2) is 5.82 Å². The number of rotatable bonds is 5. The summed E-state index contributed by atoms with van der Waals surface area (Å²) in [6.07, 6.45) is 3.43. The van der Waals surface area contributed by atoms with Crippen LogP contribution in [0.3, 0.4) is 0 Å². The number of carbonyl (C=O) groups excluding carboxylic acids is 1. The van der Waals surface area contributed by atoms with Crippen LogP contribution in [0.15, 0.2) is 36.5 Å². The van der Waals surface area contributed by atoms with Gasteiger partial charge >= 0.3 is 0 Å². The van der Waals surface area contributed by atoms with Gasteiger partial charge in [-0.05, 0) is 24.1 Å². The summed E-state index contributed by atoms with van der Waals surface area (Å²) in [5, 5.41) is 23.4. The van der Waals surface area contributed by atoms with Gasteiger partial charge in [-0.3, -0.25) is 15.0 Å². The zero-order chi connectivity index (χ0) is 20.2. The Bertz CT molecular complexity index is 1020. The van der Waals surface area contributed by atoms with Gasteiger partial charge in [0, 0.05) is 37.9 Å². The molecule has 148 valence electrons. The third-order valence-electron chi connectivity index (χ3n) is 5.23. The molecule has 0 saturated carbocycles. The first-order valence-corrected chi connectivity index (χ1v) is 9.82. The van der Waals surface area contributed by atoms with Gasteiger partial charge in [-0.15, -0.1) is 0 Å². The molecule has 1 aromatic carbocycles. The number of aromatic amines is 2. The van der Waals surface area contributed by atoms with Gasteiger partial charge in [-0.25, -0.2) is 0 Å². The summed E-state index contributed by atoms with van der Waals surface area (Å²) >= 11 is 0. The fraction of sp³-hybridized carbons (Fsp3) is 0.333. The molecule has 0 spiro atoms. The average molecular weight is 389 g/mol. The van der Waals surface area contributed by atoms with Gasteiger partial charge in [-0.2, -0.15) is 15.5 Å². The van der Waals surface area contributed by atoms with Gasteiger partial charge in [0.1, 0.15) is 0 Å². The van der Waals surface area contributed by atoms with Crippen LogP contribution in [0.4, 0.5) is 5.82 Å². The summed E-state index contributed by atoms with van der Waals surface area (Å²) in [5.74, 6) is 0.911. The third-order valence-corrected chi connectivity index (χ3v) is 5.23. The van der Waals surface area contributed by atoms with Crippen LogP contribution in [0.1, 0.15) is 35.0 Å². The number of aryl methyl sites for hydroxylation is 1. The molecule has 2 N–H and O–H groups in total. The lowest BCUT2D eigenvalue weighted by Gasteiger charge is -2.34. The van der Waals surface area contributed by atoms with E-state index in [0.29, 0.717) is 24.2 Å². The monoisotopic (exact) mass is 389 g/mol. The van der Waals surface area contributed by atoms with Crippen molar-refractivity contribution >= 4 is 11.7 Å². The molecule has 0 unspecified atom stereocenters. The number of hydrogen-bond acceptors (Lipinski definition) is 5. The van der Waals surface area contributed by atoms with E-state index in [4.69, 9.17) is 5.26 Å². The van der Waals surface area contributed by atoms with E-state index in [1.807, 2.05) is 23.1 Å². The number of hydrogen-bond donors (Lipinski definition) is 2. The number of anilines is 1. The van der Waals surface area contributed by atoms with E-state index in [9.17, 15) is 4.79 Å². The number of H-pyrrole nitrogens is 2. The molecule has 1 fully saturated rings. The quantitative estimate of drug-likeness (QED) is 0.698. The maximum atomic E-state index is 12.8. The number of carbonyl (C=O) groups is 1. The van der Waals surface area contributed by atoms with Crippen LogP contribution in [-0.4, -0.2) is 57.4 Å². The number of nitrogens with one attached hydrogen (secondary N) is 2. The molecule has 0 radical (unpaired) electrons. The maximum absolute atomic E-state index is 12.8. The summed E-state index contributed by atoms with van der Waals surface area (Å²) in [6.45, 7) is 4.84. The smallest absolute Gasteiger partial charge is 0.257 e. The average Bonchev–Trinajstić information content (AvgIpc) is 3.44. The summed E-state index contributed by atoms with van der Waals surface area (Å²) in [6, 6.07) is 11.5. The molecule has 0 aliphatic carbocycles. The van der Waals surface area contributed by atoms with E-state index >= 15 is 0 Å². The second-order valence-electron chi connectivity index (χ2n) is 7.12. The molecular weight excluding hydrogens is 366 g/mol. The molecule has 1 saturated heterocycles. The van der Waals surface area contributed by atoms with Crippen molar-refractivity contribution in [2.24, 2.45) is 0 Å². The van der Waals surface area contributed by atoms with Crippen LogP contribution in [0.5, 0.6) is 0 Å². The first kappa shape index (κ1) is 18.7. The van der Waals surface area contributed by atoms with Crippen molar-refractivity contribution in [1.82, 2.24) is 25.3 Å². The van der Waals surface area contributed by atoms with Crippen molar-refractivity contribution in [3.8, 4) is 17.3 Å². The minimum absolute atomic E-state index is 0.0437. The van der Waals surface area contributed by atoms with Crippen molar-refractivity contribution in [2.45, 2.75) is 19.8 Å². The summed E-state index contributed by atoms with van der Waals surface area (Å²) in [7, 11) is 0. The van der Waals surface area contributed by atoms with E-state index in [-0.39, 0.29) is 5.91 Å². The number of amides is 1. The highest BCUT2D eigenvalue weighted by Gasteiger charge is 2.25. The SMILES string of the molecule is CCCc1[nH]ncc1C(=O)N1CCN(c2cc(-c3ccc(C#N)cc3)[nH]n2)CC1. The molecule has 8 nitrogen and oxygen atoms in total. The topological polar surface area (TPSA) is 105 Å². The van der Waals surface area contributed by atoms with E-state index in [1.54, 1.807) is 18.3 Å². The van der Waals surface area contributed by atoms with E-state index in [1.165, 1.54) is 0 Å². The highest BCUT2D eigenvalue weighted by Crippen LogP contribution is 2.23. The van der Waals surface area contributed by atoms with Crippen LogP contribution in [-0.2, 0) is 6.42 Å². The Morgan fingerprint density at radius 1 is 1.17 bits per heavy atom. The molecule has 3 heterocycles. The fourth-order valence-electron chi connectivity index (χ4n) is 3.59. The Labute approximate surface area is 169 Å². The molecule has 2 aromatic heterocycles. The molecule has 0 bridgehead atoms. The summed E-state index contributed by atoms with van der Waals surface area (Å²) in [4.78, 5) is 16.9. The first-order chi connectivity index (χ1) is 14.2. The number of benzene rings is 1. The lowest BCUT2D eigenvalue weighted by molar-refractivity contribution is 0.0745. The highest BCUT2D eigenvalue weighted by atomic mass is 16.2. The van der Waals surface area contributed by atoms with Crippen molar-refractivity contribution in [3.63, 3.8) is 0 Å². The number of piperazine rings is 1. The summed E-state index contributed by atoms with van der Waals surface area (Å²) in [5.41, 5.74) is 4.13. The van der Waals surface area contributed by atoms with E-state index in [0.717, 1.165) is 48.7 Å². The first-order valence-electron chi connectivity index (χ1n) is 9.82. The van der Waals surface area contributed by atoms with Crippen LogP contribution in [0, 0.1) is 11.3 Å². The number of nitrogens with zero attached hydrogens (tertiary/aromatic N) is 5. The number of aromatic nitrogens is 4. The van der Waals surface area contributed by atoms with Crippen LogP contribution >= 0.6 is 0 Å². The largest absolute Gasteiger partial charge is 0.352 e. The van der Waals surface area contributed by atoms with Crippen molar-refractivity contribution in [3.05, 3.63) is 53.3 Å². The Balaban J connectivity index is 1.40. The van der Waals surface area contributed by atoms with Crippen LogP contribution in [0.2, 0.25) is 0 Å². The standard InChI is InChI=1S/C21H23N7O/c1-2-3-18-17(14-23-24-18)21(29)28-10-8-27(9-11-28)20-12-19(25-26-20)16-6-4-15(13-22)5-7-16/h4-7,12,14H,2-3,8-11H2,1H3,(H,23,24)(H,25,26). The molecule has 1 aliphatic heterocycles. The van der Waals surface area contributed by atoms with Crippen LogP contribution < -0.4 is 4.90 Å². The number of nitriles is 1. The Morgan fingerprint density at radius 3 is 2.62 bits per heavy atom. The normalized spacial score (nSPS) is 14.1. The van der Waals surface area contributed by atoms with Crippen molar-refractivity contribution < 1.29 is 4.79 Å². The Kier molecular flexibility index (Phi) is 5.29. The predicted octanol–water partition coefficient (Wildman–Crippen LogP) is 2.59. The molecule has 1 amide bonds. The zero-order valence-electron chi connectivity index (χ0n) is 16.4. The van der Waals surface area contributed by atoms with Gasteiger partial charge < -0.3 is 9.80 Å². The van der Waals surface area contributed by atoms with Gasteiger partial charge in [0.2, 0.25) is 0 Å². The van der Waals surface area contributed by atoms with Crippen molar-refractivity contribution in [2.75, 3.05) is 31.1 Å². The fourth-order valence-corrected chi connectivity index (χ4v) is 3.59. The Morgan fingerprint density at radius 2 is 1.93 bits per heavy atom. The zero-order valence-corrected chi connectivity index (χ0v) is 16.4. The maximum Gasteiger partial charge on any atom is 0.257 e. The van der Waals surface area contributed by atoms with Crippen molar-refractivity contribution in [1.29, 1.82) is 5.26 Å². The third kappa shape index (κ3) is 3.85. The molecule has 8 heteroatoms. The van der Waals surface area contributed by atoms with Gasteiger partial charge in [0.05, 0.1) is 29.1 Å². The molecular formula is C21H23N7O. The molecule has 29 heavy (non-hydrogen) atoms. The molecule has 3 aromatic rings. The molecule has 1 aliphatic rings. The minimum atomic E-state index is 0.0437. The summed E-state index contributed by atoms with van der Waals surface area (Å²) < 4.78 is 0. The minimum Gasteiger partial charge on any atom is -0.352 e. The lowest BCUT2D eigenvalue weighted by atomic mass is 10.1. The second-order valence-corrected chi connectivity index (χ2v) is 7.12. The lowest BCUT2D eigenvalue weighted by Crippen LogP contribution is -2.49. The van der Waals surface area contributed by atoms with E-state index in [2.05, 4.69) is 38.3 Å². The molecule has 0 atom stereocenters.